The van der Waals surface area contributed by atoms with Gasteiger partial charge in [-0.15, -0.1) is 0 Å². The number of halogens is 2. The van der Waals surface area contributed by atoms with Crippen LogP contribution >= 0.6 is 15.9 Å². The Labute approximate surface area is 183 Å². The summed E-state index contributed by atoms with van der Waals surface area (Å²) in [4.78, 5) is 10.7. The van der Waals surface area contributed by atoms with Gasteiger partial charge < -0.3 is 14.8 Å². The minimum absolute atomic E-state index is 0.0476. The van der Waals surface area contributed by atoms with Gasteiger partial charge in [-0.2, -0.15) is 0 Å². The Kier molecular flexibility index (Phi) is 6.34. The van der Waals surface area contributed by atoms with Crippen LogP contribution in [0.2, 0.25) is 0 Å². The van der Waals surface area contributed by atoms with E-state index >= 15 is 0 Å². The van der Waals surface area contributed by atoms with E-state index in [0.29, 0.717) is 29.7 Å². The van der Waals surface area contributed by atoms with Crippen molar-refractivity contribution in [2.24, 2.45) is 5.92 Å². The van der Waals surface area contributed by atoms with E-state index in [0.717, 1.165) is 34.9 Å². The van der Waals surface area contributed by atoms with Crippen LogP contribution in [0.1, 0.15) is 12.8 Å². The van der Waals surface area contributed by atoms with Gasteiger partial charge in [-0.3, -0.25) is 4.90 Å². The molecular weight excluding hydrogens is 451 g/mol. The first-order valence-electron chi connectivity index (χ1n) is 9.87. The number of ether oxygens (including phenoxy) is 2. The zero-order chi connectivity index (χ0) is 21.1. The van der Waals surface area contributed by atoms with Crippen molar-refractivity contribution in [1.82, 2.24) is 14.9 Å². The van der Waals surface area contributed by atoms with Crippen molar-refractivity contribution >= 4 is 32.5 Å². The lowest BCUT2D eigenvalue weighted by atomic mass is 9.95. The predicted molar refractivity (Wildman–Crippen MR) is 118 cm³/mol. The number of nitrogens with zero attached hydrogens (tertiary/aromatic N) is 3. The highest BCUT2D eigenvalue weighted by Gasteiger charge is 2.27. The highest BCUT2D eigenvalue weighted by atomic mass is 79.9. The molecule has 1 aliphatic heterocycles. The van der Waals surface area contributed by atoms with Crippen molar-refractivity contribution in [3.8, 4) is 11.5 Å². The highest BCUT2D eigenvalue weighted by Crippen LogP contribution is 2.35. The maximum Gasteiger partial charge on any atom is 0.163 e. The van der Waals surface area contributed by atoms with Gasteiger partial charge in [0, 0.05) is 18.0 Å². The summed E-state index contributed by atoms with van der Waals surface area (Å²) in [5, 5.41) is 4.20. The van der Waals surface area contributed by atoms with E-state index in [-0.39, 0.29) is 12.0 Å². The van der Waals surface area contributed by atoms with Crippen LogP contribution in [0, 0.1) is 11.7 Å². The summed E-state index contributed by atoms with van der Waals surface area (Å²) in [5.41, 5.74) is 1.31. The molecule has 2 unspecified atom stereocenters. The summed E-state index contributed by atoms with van der Waals surface area (Å²) in [6.45, 7) is 1.46. The Hall–Kier alpha value is -2.45. The Balaban J connectivity index is 1.45. The van der Waals surface area contributed by atoms with E-state index in [1.165, 1.54) is 12.4 Å². The first-order valence-corrected chi connectivity index (χ1v) is 10.7. The summed E-state index contributed by atoms with van der Waals surface area (Å²) >= 11 is 3.44. The smallest absolute Gasteiger partial charge is 0.163 e. The molecule has 1 N–H and O–H groups in total. The first-order chi connectivity index (χ1) is 14.5. The lowest BCUT2D eigenvalue weighted by Gasteiger charge is -2.38. The summed E-state index contributed by atoms with van der Waals surface area (Å²) in [6, 6.07) is 10.5. The Morgan fingerprint density at radius 3 is 2.87 bits per heavy atom. The van der Waals surface area contributed by atoms with E-state index in [1.54, 1.807) is 19.2 Å². The second kappa shape index (κ2) is 9.14. The average Bonchev–Trinajstić information content (AvgIpc) is 2.75. The first kappa shape index (κ1) is 20.8. The van der Waals surface area contributed by atoms with Crippen LogP contribution in [0.15, 0.2) is 47.3 Å². The van der Waals surface area contributed by atoms with E-state index in [4.69, 9.17) is 9.47 Å². The van der Waals surface area contributed by atoms with Crippen LogP contribution in [0.3, 0.4) is 0 Å². The Bertz CT molecular complexity index is 1040. The van der Waals surface area contributed by atoms with Gasteiger partial charge in [-0.25, -0.2) is 14.4 Å². The molecule has 30 heavy (non-hydrogen) atoms. The number of rotatable bonds is 6. The normalized spacial score (nSPS) is 19.6. The minimum Gasteiger partial charge on any atom is -0.493 e. The molecule has 0 radical (unpaired) electrons. The minimum atomic E-state index is -0.238. The lowest BCUT2D eigenvalue weighted by molar-refractivity contribution is 0.120. The molecule has 2 aromatic carbocycles. The number of likely N-dealkylation sites (tertiary alicyclic amines) is 1. The monoisotopic (exact) mass is 474 g/mol. The molecule has 0 spiro atoms. The average molecular weight is 475 g/mol. The standard InChI is InChI=1S/C22H24BrFN4O2/c1-28-8-7-14(9-21(28)27-17-6-4-3-5-16(17)24)12-30-20-11-18-15(10-19(20)29-2)22(23)26-13-25-18/h3-6,10-11,13-14,21,27H,7-9,12H2,1-2H3. The van der Waals surface area contributed by atoms with Crippen LogP contribution < -0.4 is 14.8 Å². The van der Waals surface area contributed by atoms with Gasteiger partial charge in [0.2, 0.25) is 0 Å². The third-order valence-electron chi connectivity index (χ3n) is 5.52. The van der Waals surface area contributed by atoms with Crippen LogP contribution in [-0.2, 0) is 0 Å². The molecule has 0 aliphatic carbocycles. The SMILES string of the molecule is COc1cc2c(Br)ncnc2cc1OCC1CCN(C)C(Nc2ccccc2F)C1. The fourth-order valence-corrected chi connectivity index (χ4v) is 4.16. The molecule has 0 bridgehead atoms. The lowest BCUT2D eigenvalue weighted by Crippen LogP contribution is -2.45. The van der Waals surface area contributed by atoms with E-state index < -0.39 is 0 Å². The summed E-state index contributed by atoms with van der Waals surface area (Å²) in [5.74, 6) is 1.40. The molecule has 0 saturated carbocycles. The summed E-state index contributed by atoms with van der Waals surface area (Å²) < 4.78 is 26.4. The van der Waals surface area contributed by atoms with Gasteiger partial charge in [-0.1, -0.05) is 12.1 Å². The molecule has 4 rings (SSSR count). The summed E-state index contributed by atoms with van der Waals surface area (Å²) in [7, 11) is 3.68. The molecule has 3 aromatic rings. The van der Waals surface area contributed by atoms with Gasteiger partial charge in [0.1, 0.15) is 16.7 Å². The fraction of sp³-hybridized carbons (Fsp3) is 0.364. The number of methoxy groups -OCH3 is 1. The van der Waals surface area contributed by atoms with Crippen LogP contribution in [0.25, 0.3) is 10.9 Å². The molecule has 1 aliphatic rings. The fourth-order valence-electron chi connectivity index (χ4n) is 3.75. The van der Waals surface area contributed by atoms with Gasteiger partial charge in [0.25, 0.3) is 0 Å². The predicted octanol–water partition coefficient (Wildman–Crippen LogP) is 4.70. The van der Waals surface area contributed by atoms with Crippen molar-refractivity contribution in [3.63, 3.8) is 0 Å². The zero-order valence-corrected chi connectivity index (χ0v) is 18.5. The zero-order valence-electron chi connectivity index (χ0n) is 16.9. The van der Waals surface area contributed by atoms with Crippen LogP contribution in [0.4, 0.5) is 10.1 Å². The number of benzene rings is 2. The molecule has 0 amide bonds. The van der Waals surface area contributed by atoms with Gasteiger partial charge >= 0.3 is 0 Å². The topological polar surface area (TPSA) is 59.5 Å². The largest absolute Gasteiger partial charge is 0.493 e. The number of hydrogen-bond donors (Lipinski definition) is 1. The van der Waals surface area contributed by atoms with E-state index in [9.17, 15) is 4.39 Å². The quantitative estimate of drug-likeness (QED) is 0.522. The van der Waals surface area contributed by atoms with E-state index in [2.05, 4.69) is 43.2 Å². The number of aromatic nitrogens is 2. The molecule has 1 fully saturated rings. The molecule has 2 atom stereocenters. The molecular formula is C22H24BrFN4O2. The number of piperidine rings is 1. The molecule has 2 heterocycles. The molecule has 1 aromatic heterocycles. The third-order valence-corrected chi connectivity index (χ3v) is 6.15. The summed E-state index contributed by atoms with van der Waals surface area (Å²) in [6.07, 6.45) is 3.43. The number of anilines is 1. The number of fused-ring (bicyclic) bond motifs is 1. The molecule has 8 heteroatoms. The van der Waals surface area contributed by atoms with Crippen molar-refractivity contribution < 1.29 is 13.9 Å². The number of nitrogens with one attached hydrogen (secondary N) is 1. The van der Waals surface area contributed by atoms with E-state index in [1.807, 2.05) is 18.2 Å². The number of para-hydroxylation sites is 1. The molecule has 6 nitrogen and oxygen atoms in total. The van der Waals surface area contributed by atoms with Gasteiger partial charge in [0.05, 0.1) is 31.1 Å². The number of hydrogen-bond acceptors (Lipinski definition) is 6. The third kappa shape index (κ3) is 4.49. The second-order valence-electron chi connectivity index (χ2n) is 7.51. The van der Waals surface area contributed by atoms with Crippen molar-refractivity contribution in [2.75, 3.05) is 32.6 Å². The van der Waals surface area contributed by atoms with Gasteiger partial charge in [0.15, 0.2) is 11.5 Å². The highest BCUT2D eigenvalue weighted by molar-refractivity contribution is 9.10. The maximum atomic E-state index is 14.0. The van der Waals surface area contributed by atoms with Crippen LogP contribution in [0.5, 0.6) is 11.5 Å². The van der Waals surface area contributed by atoms with Crippen LogP contribution in [-0.4, -0.2) is 48.3 Å². The van der Waals surface area contributed by atoms with Crippen molar-refractivity contribution in [2.45, 2.75) is 19.0 Å². The van der Waals surface area contributed by atoms with Crippen molar-refractivity contribution in [3.05, 3.63) is 53.1 Å². The second-order valence-corrected chi connectivity index (χ2v) is 8.26. The molecule has 1 saturated heterocycles. The van der Waals surface area contributed by atoms with Gasteiger partial charge in [-0.05, 0) is 59.9 Å². The Morgan fingerprint density at radius 2 is 2.07 bits per heavy atom. The maximum absolute atomic E-state index is 14.0. The van der Waals surface area contributed by atoms with Crippen molar-refractivity contribution in [1.29, 1.82) is 0 Å². The Morgan fingerprint density at radius 1 is 1.23 bits per heavy atom. The molecule has 158 valence electrons.